The van der Waals surface area contributed by atoms with Crippen molar-refractivity contribution in [3.63, 3.8) is 0 Å². The Hall–Kier alpha value is -1.87. The van der Waals surface area contributed by atoms with Gasteiger partial charge >= 0.3 is 0 Å². The van der Waals surface area contributed by atoms with Crippen molar-refractivity contribution in [2.75, 3.05) is 13.1 Å². The molecule has 0 radical (unpaired) electrons. The Morgan fingerprint density at radius 2 is 1.89 bits per heavy atom. The van der Waals surface area contributed by atoms with E-state index in [2.05, 4.69) is 22.0 Å². The van der Waals surface area contributed by atoms with E-state index in [0.717, 1.165) is 31.8 Å². The van der Waals surface area contributed by atoms with Gasteiger partial charge in [0, 0.05) is 32.0 Å². The summed E-state index contributed by atoms with van der Waals surface area (Å²) >= 11 is 0. The number of aromatic nitrogens is 1. The van der Waals surface area contributed by atoms with Crippen molar-refractivity contribution in [3.05, 3.63) is 60.4 Å². The first-order valence-corrected chi connectivity index (χ1v) is 6.73. The smallest absolute Gasteiger partial charge is 0.119 e. The van der Waals surface area contributed by atoms with E-state index >= 15 is 0 Å². The molecular weight excluding hydrogens is 236 g/mol. The van der Waals surface area contributed by atoms with Crippen LogP contribution in [0.4, 0.5) is 0 Å². The summed E-state index contributed by atoms with van der Waals surface area (Å²) in [5.74, 6) is 0.971. The van der Waals surface area contributed by atoms with Gasteiger partial charge in [0.25, 0.3) is 0 Å². The van der Waals surface area contributed by atoms with Gasteiger partial charge in [0.1, 0.15) is 11.9 Å². The average molecular weight is 254 g/mol. The van der Waals surface area contributed by atoms with Crippen molar-refractivity contribution in [1.29, 1.82) is 0 Å². The highest BCUT2D eigenvalue weighted by Crippen LogP contribution is 2.19. The van der Waals surface area contributed by atoms with Crippen LogP contribution in [0.2, 0.25) is 0 Å². The van der Waals surface area contributed by atoms with Crippen molar-refractivity contribution in [2.45, 2.75) is 19.1 Å². The molecule has 0 amide bonds. The van der Waals surface area contributed by atoms with Crippen LogP contribution in [-0.2, 0) is 6.54 Å². The monoisotopic (exact) mass is 254 g/mol. The molecule has 98 valence electrons. The van der Waals surface area contributed by atoms with Crippen molar-refractivity contribution >= 4 is 0 Å². The van der Waals surface area contributed by atoms with E-state index in [-0.39, 0.29) is 0 Å². The first-order valence-electron chi connectivity index (χ1n) is 6.73. The van der Waals surface area contributed by atoms with E-state index in [1.807, 2.05) is 42.7 Å². The zero-order valence-corrected chi connectivity index (χ0v) is 10.9. The van der Waals surface area contributed by atoms with Crippen LogP contribution in [0, 0.1) is 0 Å². The lowest BCUT2D eigenvalue weighted by Crippen LogP contribution is -2.24. The van der Waals surface area contributed by atoms with Gasteiger partial charge < -0.3 is 4.74 Å². The summed E-state index contributed by atoms with van der Waals surface area (Å²) in [6.45, 7) is 3.08. The molecule has 3 heteroatoms. The molecule has 0 aliphatic carbocycles. The lowest BCUT2D eigenvalue weighted by molar-refractivity contribution is 0.198. The molecule has 1 fully saturated rings. The molecule has 1 aromatic heterocycles. The maximum absolute atomic E-state index is 5.99. The zero-order valence-electron chi connectivity index (χ0n) is 10.9. The summed E-state index contributed by atoms with van der Waals surface area (Å²) in [7, 11) is 0. The number of pyridine rings is 1. The molecule has 1 atom stereocenters. The highest BCUT2D eigenvalue weighted by atomic mass is 16.5. The van der Waals surface area contributed by atoms with E-state index in [0.29, 0.717) is 6.10 Å². The molecule has 0 N–H and O–H groups in total. The Kier molecular flexibility index (Phi) is 3.75. The molecule has 0 bridgehead atoms. The summed E-state index contributed by atoms with van der Waals surface area (Å²) < 4.78 is 5.99. The molecule has 2 heterocycles. The number of hydrogen-bond acceptors (Lipinski definition) is 3. The molecule has 0 spiro atoms. The fourth-order valence-electron chi connectivity index (χ4n) is 2.47. The van der Waals surface area contributed by atoms with Gasteiger partial charge in [-0.15, -0.1) is 0 Å². The first-order chi connectivity index (χ1) is 9.40. The summed E-state index contributed by atoms with van der Waals surface area (Å²) in [5, 5.41) is 0. The van der Waals surface area contributed by atoms with E-state index in [4.69, 9.17) is 4.74 Å². The third kappa shape index (κ3) is 3.32. The quantitative estimate of drug-likeness (QED) is 0.839. The van der Waals surface area contributed by atoms with Crippen molar-refractivity contribution in [2.24, 2.45) is 0 Å². The number of para-hydroxylation sites is 1. The van der Waals surface area contributed by atoms with Gasteiger partial charge in [0.15, 0.2) is 0 Å². The number of hydrogen-bond donors (Lipinski definition) is 0. The Bertz CT molecular complexity index is 453. The lowest BCUT2D eigenvalue weighted by Gasteiger charge is -2.16. The molecular formula is C16H18N2O. The number of nitrogens with zero attached hydrogens (tertiary/aromatic N) is 2. The van der Waals surface area contributed by atoms with E-state index in [9.17, 15) is 0 Å². The van der Waals surface area contributed by atoms with Gasteiger partial charge in [-0.25, -0.2) is 0 Å². The zero-order chi connectivity index (χ0) is 12.9. The molecule has 3 rings (SSSR count). The standard InChI is InChI=1S/C16H18N2O/c1-2-4-15(5-3-1)19-16-8-11-18(13-16)12-14-6-9-17-10-7-14/h1-7,9-10,16H,8,11-13H2/t16-/m1/s1. The van der Waals surface area contributed by atoms with Crippen LogP contribution in [0.15, 0.2) is 54.9 Å². The third-order valence-electron chi connectivity index (χ3n) is 3.43. The Morgan fingerprint density at radius 3 is 2.68 bits per heavy atom. The van der Waals surface area contributed by atoms with E-state index in [1.54, 1.807) is 0 Å². The fraction of sp³-hybridized carbons (Fsp3) is 0.312. The van der Waals surface area contributed by atoms with Gasteiger partial charge in [0.05, 0.1) is 0 Å². The second-order valence-corrected chi connectivity index (χ2v) is 4.93. The number of likely N-dealkylation sites (tertiary alicyclic amines) is 1. The fourth-order valence-corrected chi connectivity index (χ4v) is 2.47. The molecule has 2 aromatic rings. The predicted molar refractivity (Wildman–Crippen MR) is 75.0 cm³/mol. The Morgan fingerprint density at radius 1 is 1.11 bits per heavy atom. The molecule has 0 saturated carbocycles. The van der Waals surface area contributed by atoms with Crippen LogP contribution in [0.5, 0.6) is 5.75 Å². The molecule has 1 aromatic carbocycles. The Labute approximate surface area is 113 Å². The van der Waals surface area contributed by atoms with Gasteiger partial charge in [-0.2, -0.15) is 0 Å². The Balaban J connectivity index is 1.53. The average Bonchev–Trinajstić information content (AvgIpc) is 2.88. The SMILES string of the molecule is c1ccc(O[C@@H]2CCN(Cc3ccncc3)C2)cc1. The largest absolute Gasteiger partial charge is 0.489 e. The second-order valence-electron chi connectivity index (χ2n) is 4.93. The highest BCUT2D eigenvalue weighted by Gasteiger charge is 2.23. The van der Waals surface area contributed by atoms with Gasteiger partial charge in [-0.1, -0.05) is 18.2 Å². The van der Waals surface area contributed by atoms with Crippen molar-refractivity contribution < 1.29 is 4.74 Å². The van der Waals surface area contributed by atoms with Crippen molar-refractivity contribution in [1.82, 2.24) is 9.88 Å². The summed E-state index contributed by atoms with van der Waals surface area (Å²) in [5.41, 5.74) is 1.32. The van der Waals surface area contributed by atoms with Gasteiger partial charge in [-0.05, 0) is 36.2 Å². The van der Waals surface area contributed by atoms with E-state index < -0.39 is 0 Å². The summed E-state index contributed by atoms with van der Waals surface area (Å²) in [6, 6.07) is 14.2. The van der Waals surface area contributed by atoms with Crippen molar-refractivity contribution in [3.8, 4) is 5.75 Å². The molecule has 3 nitrogen and oxygen atoms in total. The van der Waals surface area contributed by atoms with E-state index in [1.165, 1.54) is 5.56 Å². The van der Waals surface area contributed by atoms with Crippen LogP contribution < -0.4 is 4.74 Å². The normalized spacial score (nSPS) is 19.5. The predicted octanol–water partition coefficient (Wildman–Crippen LogP) is 2.73. The molecule has 1 aliphatic heterocycles. The maximum atomic E-state index is 5.99. The third-order valence-corrected chi connectivity index (χ3v) is 3.43. The minimum absolute atomic E-state index is 0.309. The topological polar surface area (TPSA) is 25.4 Å². The number of ether oxygens (including phenoxy) is 1. The molecule has 19 heavy (non-hydrogen) atoms. The second kappa shape index (κ2) is 5.85. The van der Waals surface area contributed by atoms with Gasteiger partial charge in [0.2, 0.25) is 0 Å². The highest BCUT2D eigenvalue weighted by molar-refractivity contribution is 5.21. The maximum Gasteiger partial charge on any atom is 0.119 e. The molecule has 1 aliphatic rings. The van der Waals surface area contributed by atoms with Gasteiger partial charge in [-0.3, -0.25) is 9.88 Å². The minimum atomic E-state index is 0.309. The number of benzene rings is 1. The number of rotatable bonds is 4. The summed E-state index contributed by atoms with van der Waals surface area (Å²) in [4.78, 5) is 6.48. The minimum Gasteiger partial charge on any atom is -0.489 e. The van der Waals surface area contributed by atoms with Crippen LogP contribution >= 0.6 is 0 Å². The van der Waals surface area contributed by atoms with Crippen LogP contribution in [0.1, 0.15) is 12.0 Å². The molecule has 0 unspecified atom stereocenters. The molecule has 1 saturated heterocycles. The summed E-state index contributed by atoms with van der Waals surface area (Å²) in [6.07, 6.45) is 5.11. The van der Waals surface area contributed by atoms with Crippen LogP contribution in [0.3, 0.4) is 0 Å². The van der Waals surface area contributed by atoms with Crippen LogP contribution in [-0.4, -0.2) is 29.1 Å². The first kappa shape index (κ1) is 12.2. The van der Waals surface area contributed by atoms with Crippen LogP contribution in [0.25, 0.3) is 0 Å². The lowest BCUT2D eigenvalue weighted by atomic mass is 10.2.